The first-order valence-electron chi connectivity index (χ1n) is 16.9. The molecule has 0 aromatic rings. The molecule has 4 saturated carbocycles. The van der Waals surface area contributed by atoms with Crippen LogP contribution in [-0.4, -0.2) is 55.0 Å². The van der Waals surface area contributed by atoms with Crippen molar-refractivity contribution < 1.29 is 23.9 Å². The monoisotopic (exact) mass is 581 g/mol. The number of carbonyl (C=O) groups is 3. The van der Waals surface area contributed by atoms with E-state index in [9.17, 15) is 14.4 Å². The van der Waals surface area contributed by atoms with E-state index in [1.165, 1.54) is 11.1 Å². The van der Waals surface area contributed by atoms with Gasteiger partial charge >= 0.3 is 5.97 Å². The molecule has 6 heteroatoms. The van der Waals surface area contributed by atoms with Gasteiger partial charge in [-0.2, -0.15) is 0 Å². The molecule has 6 nitrogen and oxygen atoms in total. The van der Waals surface area contributed by atoms with Gasteiger partial charge in [-0.25, -0.2) is 0 Å². The molecule has 5 fully saturated rings. The minimum Gasteiger partial charge on any atom is -0.462 e. The number of amides is 1. The molecule has 1 saturated heterocycles. The molecule has 0 aromatic carbocycles. The maximum atomic E-state index is 14.5. The first kappa shape index (κ1) is 30.3. The number of fused-ring (bicyclic) bond motifs is 6. The smallest absolute Gasteiger partial charge is 0.302 e. The van der Waals surface area contributed by atoms with Crippen LogP contribution in [0.2, 0.25) is 0 Å². The number of ketones is 1. The number of allylic oxidation sites excluding steroid dienone is 1. The van der Waals surface area contributed by atoms with E-state index in [0.717, 1.165) is 51.4 Å². The highest BCUT2D eigenvalue weighted by atomic mass is 16.5. The van der Waals surface area contributed by atoms with Crippen molar-refractivity contribution in [2.45, 2.75) is 119 Å². The number of carbonyl (C=O) groups excluding carboxylic acids is 3. The second-order valence-corrected chi connectivity index (χ2v) is 16.6. The van der Waals surface area contributed by atoms with Crippen molar-refractivity contribution in [3.63, 3.8) is 0 Å². The molecule has 0 radical (unpaired) electrons. The third-order valence-corrected chi connectivity index (χ3v) is 14.3. The van der Waals surface area contributed by atoms with Gasteiger partial charge in [-0.15, -0.1) is 0 Å². The lowest BCUT2D eigenvalue weighted by Gasteiger charge is -2.70. The van der Waals surface area contributed by atoms with E-state index in [0.29, 0.717) is 44.6 Å². The lowest BCUT2D eigenvalue weighted by atomic mass is 9.34. The third-order valence-electron chi connectivity index (χ3n) is 14.3. The number of ether oxygens (including phenoxy) is 2. The number of hydrogen-bond donors (Lipinski definition) is 0. The van der Waals surface area contributed by atoms with E-state index >= 15 is 0 Å². The second-order valence-electron chi connectivity index (χ2n) is 16.6. The molecule has 5 aliphatic carbocycles. The molecule has 0 spiro atoms. The molecular weight excluding hydrogens is 526 g/mol. The minimum atomic E-state index is -0.660. The number of esters is 1. The Kier molecular flexibility index (Phi) is 7.16. The van der Waals surface area contributed by atoms with E-state index in [1.807, 2.05) is 4.90 Å². The average molecular weight is 582 g/mol. The lowest BCUT2D eigenvalue weighted by molar-refractivity contribution is -0.213. The summed E-state index contributed by atoms with van der Waals surface area (Å²) in [5, 5.41) is 0. The van der Waals surface area contributed by atoms with Gasteiger partial charge in [0.25, 0.3) is 0 Å². The summed E-state index contributed by atoms with van der Waals surface area (Å²) < 4.78 is 11.5. The molecule has 0 aromatic heterocycles. The predicted octanol–water partition coefficient (Wildman–Crippen LogP) is 6.76. The van der Waals surface area contributed by atoms with E-state index < -0.39 is 5.41 Å². The Morgan fingerprint density at radius 3 is 2.26 bits per heavy atom. The predicted molar refractivity (Wildman–Crippen MR) is 162 cm³/mol. The van der Waals surface area contributed by atoms with Crippen LogP contribution in [0.4, 0.5) is 0 Å². The van der Waals surface area contributed by atoms with Crippen molar-refractivity contribution in [2.75, 3.05) is 26.3 Å². The summed E-state index contributed by atoms with van der Waals surface area (Å²) in [6.07, 6.45) is 8.54. The second kappa shape index (κ2) is 9.91. The number of Topliss-reactive ketones (excluding diaryl/α,β-unsaturated/α-hetero) is 1. The molecule has 42 heavy (non-hydrogen) atoms. The SMILES string of the molecule is CC(=O)O[C@H]1CC[C@]2(C)[C@H]3CCC4=C5C(C(C)C)C(=O)C[C@]5(C(=O)N5CCOCC5)CC[C@@]4(C)[C@]3(C)CC[C@H]2C1(C)C. The zero-order valence-corrected chi connectivity index (χ0v) is 27.6. The Hall–Kier alpha value is -1.69. The average Bonchev–Trinajstić information content (AvgIpc) is 3.24. The van der Waals surface area contributed by atoms with Gasteiger partial charge in [-0.05, 0) is 90.9 Å². The standard InChI is InChI=1S/C36H55NO5/c1-22(2)29-25(39)21-36(31(40)37-17-19-41-20-18-37)16-15-34(7)24(30(29)36)9-10-27-33(6)13-12-28(42-23(3)38)32(4,5)26(33)11-14-35(27,34)8/h22,26-29H,9-21H2,1-8H3/t26-,27+,28-,29?,33-,34+,35+,36+/m0/s1. The molecule has 8 atom stereocenters. The highest BCUT2D eigenvalue weighted by Gasteiger charge is 2.70. The lowest BCUT2D eigenvalue weighted by Crippen LogP contribution is -2.64. The Labute approximate surface area is 253 Å². The summed E-state index contributed by atoms with van der Waals surface area (Å²) >= 11 is 0. The van der Waals surface area contributed by atoms with Gasteiger partial charge in [-0.1, -0.05) is 54.0 Å². The van der Waals surface area contributed by atoms with Crippen LogP contribution in [0.25, 0.3) is 0 Å². The number of nitrogens with zero attached hydrogens (tertiary/aromatic N) is 1. The van der Waals surface area contributed by atoms with Gasteiger partial charge in [-0.3, -0.25) is 14.4 Å². The Morgan fingerprint density at radius 1 is 0.929 bits per heavy atom. The molecule has 1 aliphatic heterocycles. The highest BCUT2D eigenvalue weighted by molar-refractivity contribution is 6.00. The maximum absolute atomic E-state index is 14.5. The Morgan fingerprint density at radius 2 is 1.62 bits per heavy atom. The summed E-state index contributed by atoms with van der Waals surface area (Å²) in [6.45, 7) is 20.7. The third kappa shape index (κ3) is 3.94. The molecule has 1 amide bonds. The highest BCUT2D eigenvalue weighted by Crippen LogP contribution is 2.76. The summed E-state index contributed by atoms with van der Waals surface area (Å²) in [4.78, 5) is 42.3. The van der Waals surface area contributed by atoms with Crippen molar-refractivity contribution in [2.24, 2.45) is 50.7 Å². The number of hydrogen-bond acceptors (Lipinski definition) is 5. The van der Waals surface area contributed by atoms with Crippen molar-refractivity contribution in [1.29, 1.82) is 0 Å². The Balaban J connectivity index is 1.43. The van der Waals surface area contributed by atoms with Crippen LogP contribution in [0.1, 0.15) is 113 Å². The molecule has 6 rings (SSSR count). The van der Waals surface area contributed by atoms with Crippen LogP contribution < -0.4 is 0 Å². The first-order valence-corrected chi connectivity index (χ1v) is 16.9. The molecule has 0 N–H and O–H groups in total. The zero-order chi connectivity index (χ0) is 30.5. The molecule has 234 valence electrons. The van der Waals surface area contributed by atoms with Crippen molar-refractivity contribution >= 4 is 17.7 Å². The van der Waals surface area contributed by atoms with E-state index in [4.69, 9.17) is 9.47 Å². The van der Waals surface area contributed by atoms with Gasteiger partial charge < -0.3 is 14.4 Å². The largest absolute Gasteiger partial charge is 0.462 e. The van der Waals surface area contributed by atoms with Crippen LogP contribution >= 0.6 is 0 Å². The number of morpholine rings is 1. The van der Waals surface area contributed by atoms with Crippen LogP contribution in [0.5, 0.6) is 0 Å². The van der Waals surface area contributed by atoms with Gasteiger partial charge in [0.2, 0.25) is 5.91 Å². The van der Waals surface area contributed by atoms with Crippen molar-refractivity contribution in [1.82, 2.24) is 4.90 Å². The molecule has 6 aliphatic rings. The molecule has 1 unspecified atom stereocenters. The summed E-state index contributed by atoms with van der Waals surface area (Å²) in [6, 6.07) is 0. The van der Waals surface area contributed by atoms with Crippen LogP contribution in [0, 0.1) is 50.7 Å². The fraction of sp³-hybridized carbons (Fsp3) is 0.861. The zero-order valence-electron chi connectivity index (χ0n) is 27.6. The van der Waals surface area contributed by atoms with Crippen LogP contribution in [0.3, 0.4) is 0 Å². The minimum absolute atomic E-state index is 0.0212. The fourth-order valence-electron chi connectivity index (χ4n) is 12.2. The maximum Gasteiger partial charge on any atom is 0.302 e. The van der Waals surface area contributed by atoms with E-state index in [2.05, 4.69) is 48.5 Å². The topological polar surface area (TPSA) is 72.9 Å². The van der Waals surface area contributed by atoms with Crippen molar-refractivity contribution in [3.8, 4) is 0 Å². The Bertz CT molecular complexity index is 1200. The van der Waals surface area contributed by atoms with Crippen molar-refractivity contribution in [3.05, 3.63) is 11.1 Å². The summed E-state index contributed by atoms with van der Waals surface area (Å²) in [5.41, 5.74) is 2.26. The molecular formula is C36H55NO5. The molecule has 1 heterocycles. The van der Waals surface area contributed by atoms with Gasteiger partial charge in [0.15, 0.2) is 0 Å². The number of rotatable bonds is 3. The molecule has 0 bridgehead atoms. The quantitative estimate of drug-likeness (QED) is 0.272. The van der Waals surface area contributed by atoms with E-state index in [-0.39, 0.29) is 57.3 Å². The van der Waals surface area contributed by atoms with Gasteiger partial charge in [0.1, 0.15) is 11.9 Å². The fourth-order valence-corrected chi connectivity index (χ4v) is 12.2. The van der Waals surface area contributed by atoms with Crippen LogP contribution in [0.15, 0.2) is 11.1 Å². The normalized spacial score (nSPS) is 44.7. The van der Waals surface area contributed by atoms with E-state index in [1.54, 1.807) is 6.92 Å². The van der Waals surface area contributed by atoms with Crippen LogP contribution in [-0.2, 0) is 23.9 Å². The first-order chi connectivity index (χ1) is 19.6. The summed E-state index contributed by atoms with van der Waals surface area (Å²) in [5.74, 6) is 1.43. The van der Waals surface area contributed by atoms with Gasteiger partial charge in [0, 0.05) is 37.8 Å². The van der Waals surface area contributed by atoms with Gasteiger partial charge in [0.05, 0.1) is 18.6 Å². The summed E-state index contributed by atoms with van der Waals surface area (Å²) in [7, 11) is 0.